The molecule has 1 amide bonds. The molecule has 7 heteroatoms. The Kier molecular flexibility index (Phi) is 7.16. The Morgan fingerprint density at radius 2 is 1.84 bits per heavy atom. The Morgan fingerprint density at radius 1 is 1.16 bits per heavy atom. The van der Waals surface area contributed by atoms with E-state index in [0.717, 1.165) is 14.5 Å². The molecule has 0 aliphatic heterocycles. The van der Waals surface area contributed by atoms with Crippen molar-refractivity contribution in [2.75, 3.05) is 18.4 Å². The number of carboxylic acid groups (broad SMARTS) is 1. The molecule has 2 aromatic rings. The van der Waals surface area contributed by atoms with Gasteiger partial charge in [-0.3, -0.25) is 14.5 Å². The molecule has 132 valence electrons. The highest BCUT2D eigenvalue weighted by molar-refractivity contribution is 9.11. The number of halogens is 2. The number of benzene rings is 2. The minimum absolute atomic E-state index is 0.0628. The van der Waals surface area contributed by atoms with Gasteiger partial charge < -0.3 is 10.4 Å². The van der Waals surface area contributed by atoms with Crippen LogP contribution in [0.1, 0.15) is 22.8 Å². The summed E-state index contributed by atoms with van der Waals surface area (Å²) in [5.74, 6) is -1.10. The fraction of sp³-hybridized carbons (Fsp3) is 0.222. The normalized spacial score (nSPS) is 10.7. The summed E-state index contributed by atoms with van der Waals surface area (Å²) < 4.78 is 1.57. The molecule has 0 spiro atoms. The van der Waals surface area contributed by atoms with E-state index in [4.69, 9.17) is 5.11 Å². The van der Waals surface area contributed by atoms with Crippen molar-refractivity contribution >= 4 is 49.4 Å². The zero-order valence-electron chi connectivity index (χ0n) is 13.6. The van der Waals surface area contributed by atoms with E-state index in [-0.39, 0.29) is 12.5 Å². The van der Waals surface area contributed by atoms with Gasteiger partial charge in [0.15, 0.2) is 0 Å². The highest BCUT2D eigenvalue weighted by Gasteiger charge is 2.16. The predicted molar refractivity (Wildman–Crippen MR) is 105 cm³/mol. The molecule has 5 nitrogen and oxygen atoms in total. The average molecular weight is 470 g/mol. The van der Waals surface area contributed by atoms with Gasteiger partial charge in [0.05, 0.1) is 12.2 Å². The summed E-state index contributed by atoms with van der Waals surface area (Å²) in [6.07, 6.45) is 0. The number of rotatable bonds is 7. The molecule has 0 fully saturated rings. The van der Waals surface area contributed by atoms with Crippen LogP contribution in [0.25, 0.3) is 0 Å². The zero-order chi connectivity index (χ0) is 18.4. The maximum atomic E-state index is 12.5. The van der Waals surface area contributed by atoms with Gasteiger partial charge in [0.2, 0.25) is 0 Å². The van der Waals surface area contributed by atoms with Gasteiger partial charge in [0.1, 0.15) is 0 Å². The van der Waals surface area contributed by atoms with Crippen LogP contribution < -0.4 is 5.32 Å². The molecule has 0 aliphatic carbocycles. The Morgan fingerprint density at radius 3 is 2.44 bits per heavy atom. The number of hydrogen-bond acceptors (Lipinski definition) is 3. The van der Waals surface area contributed by atoms with Crippen molar-refractivity contribution in [1.29, 1.82) is 0 Å². The highest BCUT2D eigenvalue weighted by atomic mass is 79.9. The van der Waals surface area contributed by atoms with Crippen molar-refractivity contribution in [2.24, 2.45) is 0 Å². The Balaban J connectivity index is 2.30. The second-order valence-corrected chi connectivity index (χ2v) is 7.21. The van der Waals surface area contributed by atoms with Gasteiger partial charge in [-0.2, -0.15) is 0 Å². The first-order valence-electron chi connectivity index (χ1n) is 7.69. The largest absolute Gasteiger partial charge is 0.480 e. The summed E-state index contributed by atoms with van der Waals surface area (Å²) >= 11 is 6.93. The summed E-state index contributed by atoms with van der Waals surface area (Å²) in [6.45, 7) is 2.83. The lowest BCUT2D eigenvalue weighted by Gasteiger charge is -2.21. The number of nitrogens with zero attached hydrogens (tertiary/aromatic N) is 1. The van der Waals surface area contributed by atoms with Crippen LogP contribution in [-0.4, -0.2) is 35.0 Å². The van der Waals surface area contributed by atoms with Crippen LogP contribution in [0.4, 0.5) is 5.69 Å². The molecule has 2 aromatic carbocycles. The molecule has 0 unspecified atom stereocenters. The van der Waals surface area contributed by atoms with E-state index in [1.54, 1.807) is 29.2 Å². The van der Waals surface area contributed by atoms with Gasteiger partial charge in [-0.05, 0) is 52.3 Å². The van der Waals surface area contributed by atoms with Crippen LogP contribution in [0.15, 0.2) is 51.4 Å². The molecule has 0 bridgehead atoms. The Labute approximate surface area is 163 Å². The van der Waals surface area contributed by atoms with Crippen LogP contribution in [0.3, 0.4) is 0 Å². The van der Waals surface area contributed by atoms with E-state index < -0.39 is 5.97 Å². The van der Waals surface area contributed by atoms with Crippen LogP contribution >= 0.6 is 31.9 Å². The maximum absolute atomic E-state index is 12.5. The standard InChI is InChI=1S/C18H18Br2N2O3/c1-2-22(11-16(23)24)10-13-8-14(19)9-15(20)17(13)21-18(25)12-6-4-3-5-7-12/h3-9H,2,10-11H2,1H3,(H,21,25)(H,23,24). The van der Waals surface area contributed by atoms with E-state index in [1.807, 2.05) is 25.1 Å². The molecule has 2 N–H and O–H groups in total. The molecule has 0 heterocycles. The average Bonchev–Trinajstić information content (AvgIpc) is 2.57. The molecule has 0 atom stereocenters. The van der Waals surface area contributed by atoms with Gasteiger partial charge in [-0.15, -0.1) is 0 Å². The number of anilines is 1. The maximum Gasteiger partial charge on any atom is 0.317 e. The second-order valence-electron chi connectivity index (χ2n) is 5.44. The number of aliphatic carboxylic acids is 1. The van der Waals surface area contributed by atoms with Crippen molar-refractivity contribution in [3.8, 4) is 0 Å². The number of nitrogens with one attached hydrogen (secondary N) is 1. The molecule has 0 aliphatic rings. The van der Waals surface area contributed by atoms with Crippen LogP contribution in [0.2, 0.25) is 0 Å². The molecule has 2 rings (SSSR count). The number of likely N-dealkylation sites (N-methyl/N-ethyl adjacent to an activating group) is 1. The lowest BCUT2D eigenvalue weighted by atomic mass is 10.1. The third-order valence-corrected chi connectivity index (χ3v) is 4.69. The van der Waals surface area contributed by atoms with E-state index >= 15 is 0 Å². The van der Waals surface area contributed by atoms with Crippen molar-refractivity contribution in [3.63, 3.8) is 0 Å². The topological polar surface area (TPSA) is 69.6 Å². The van der Waals surface area contributed by atoms with Crippen LogP contribution in [0.5, 0.6) is 0 Å². The molecular weight excluding hydrogens is 452 g/mol. The van der Waals surface area contributed by atoms with Crippen LogP contribution in [0, 0.1) is 0 Å². The summed E-state index contributed by atoms with van der Waals surface area (Å²) in [4.78, 5) is 25.3. The van der Waals surface area contributed by atoms with E-state index in [1.165, 1.54) is 0 Å². The van der Waals surface area contributed by atoms with Gasteiger partial charge in [0, 0.05) is 21.1 Å². The molecule has 0 aromatic heterocycles. The van der Waals surface area contributed by atoms with Gasteiger partial charge in [-0.25, -0.2) is 0 Å². The first-order chi connectivity index (χ1) is 11.9. The minimum Gasteiger partial charge on any atom is -0.480 e. The van der Waals surface area contributed by atoms with E-state index in [9.17, 15) is 9.59 Å². The summed E-state index contributed by atoms with van der Waals surface area (Å²) in [5.41, 5.74) is 2.02. The zero-order valence-corrected chi connectivity index (χ0v) is 16.8. The molecule has 25 heavy (non-hydrogen) atoms. The third kappa shape index (κ3) is 5.66. The van der Waals surface area contributed by atoms with Crippen molar-refractivity contribution < 1.29 is 14.7 Å². The number of carbonyl (C=O) groups is 2. The van der Waals surface area contributed by atoms with Crippen LogP contribution in [-0.2, 0) is 11.3 Å². The van der Waals surface area contributed by atoms with Gasteiger partial charge in [-0.1, -0.05) is 41.1 Å². The van der Waals surface area contributed by atoms with Gasteiger partial charge >= 0.3 is 5.97 Å². The number of amides is 1. The quantitative estimate of drug-likeness (QED) is 0.631. The third-order valence-electron chi connectivity index (χ3n) is 3.61. The van der Waals surface area contributed by atoms with E-state index in [0.29, 0.717) is 24.3 Å². The lowest BCUT2D eigenvalue weighted by Crippen LogP contribution is -2.29. The SMILES string of the molecule is CCN(CC(=O)O)Cc1cc(Br)cc(Br)c1NC(=O)c1ccccc1. The molecule has 0 saturated heterocycles. The van der Waals surface area contributed by atoms with E-state index in [2.05, 4.69) is 37.2 Å². The monoisotopic (exact) mass is 468 g/mol. The van der Waals surface area contributed by atoms with Crippen molar-refractivity contribution in [3.05, 3.63) is 62.5 Å². The highest BCUT2D eigenvalue weighted by Crippen LogP contribution is 2.32. The summed E-state index contributed by atoms with van der Waals surface area (Å²) in [6, 6.07) is 12.7. The molecule has 0 saturated carbocycles. The first kappa shape index (κ1) is 19.6. The van der Waals surface area contributed by atoms with Crippen molar-refractivity contribution in [1.82, 2.24) is 4.90 Å². The Bertz CT molecular complexity index is 766. The molecule has 0 radical (unpaired) electrons. The fourth-order valence-corrected chi connectivity index (χ4v) is 3.79. The summed E-state index contributed by atoms with van der Waals surface area (Å²) in [5, 5.41) is 12.0. The fourth-order valence-electron chi connectivity index (χ4n) is 2.38. The number of hydrogen-bond donors (Lipinski definition) is 2. The smallest absolute Gasteiger partial charge is 0.317 e. The number of carboxylic acids is 1. The van der Waals surface area contributed by atoms with Gasteiger partial charge in [0.25, 0.3) is 5.91 Å². The second kappa shape index (κ2) is 9.12. The minimum atomic E-state index is -0.884. The first-order valence-corrected chi connectivity index (χ1v) is 9.27. The lowest BCUT2D eigenvalue weighted by molar-refractivity contribution is -0.138. The Hall–Kier alpha value is -1.70. The number of carbonyl (C=O) groups excluding carboxylic acids is 1. The predicted octanol–water partition coefficient (Wildman–Crippen LogP) is 4.37. The molecular formula is C18H18Br2N2O3. The van der Waals surface area contributed by atoms with Crippen molar-refractivity contribution in [2.45, 2.75) is 13.5 Å². The summed E-state index contributed by atoms with van der Waals surface area (Å²) in [7, 11) is 0.